The van der Waals surface area contributed by atoms with Gasteiger partial charge in [-0.2, -0.15) is 0 Å². The van der Waals surface area contributed by atoms with Gasteiger partial charge in [0.05, 0.1) is 0 Å². The standard InChI is InChI=1S/C3H3N3OS2/c1-2(7)8-3-4-5-6-9-3/h1H3. The summed E-state index contributed by atoms with van der Waals surface area (Å²) in [6.07, 6.45) is 0. The Morgan fingerprint density at radius 2 is 2.56 bits per heavy atom. The monoisotopic (exact) mass is 161 g/mol. The normalized spacial score (nSPS) is 9.44. The highest BCUT2D eigenvalue weighted by Gasteiger charge is 2.00. The van der Waals surface area contributed by atoms with Crippen LogP contribution < -0.4 is 0 Å². The van der Waals surface area contributed by atoms with Gasteiger partial charge in [0.15, 0.2) is 5.12 Å². The van der Waals surface area contributed by atoms with Gasteiger partial charge in [0.2, 0.25) is 4.34 Å². The van der Waals surface area contributed by atoms with Crippen molar-refractivity contribution in [1.29, 1.82) is 0 Å². The number of aromatic nitrogens is 3. The lowest BCUT2D eigenvalue weighted by Gasteiger charge is -1.81. The van der Waals surface area contributed by atoms with Crippen LogP contribution >= 0.6 is 23.3 Å². The molecule has 0 unspecified atom stereocenters. The molecular formula is C3H3N3OS2. The molecule has 0 aliphatic heterocycles. The Bertz CT molecular complexity index is 197. The van der Waals surface area contributed by atoms with E-state index >= 15 is 0 Å². The zero-order valence-corrected chi connectivity index (χ0v) is 6.20. The van der Waals surface area contributed by atoms with Crippen LogP contribution in [0.5, 0.6) is 0 Å². The van der Waals surface area contributed by atoms with Crippen molar-refractivity contribution >= 4 is 28.4 Å². The summed E-state index contributed by atoms with van der Waals surface area (Å²) in [5.74, 6) is 0. The second-order valence-electron chi connectivity index (χ2n) is 1.22. The van der Waals surface area contributed by atoms with Gasteiger partial charge in [-0.1, -0.05) is 4.49 Å². The molecule has 0 saturated carbocycles. The Hall–Kier alpha value is -0.490. The van der Waals surface area contributed by atoms with E-state index in [1.54, 1.807) is 0 Å². The van der Waals surface area contributed by atoms with Crippen LogP contribution in [0.2, 0.25) is 0 Å². The van der Waals surface area contributed by atoms with Gasteiger partial charge in [0, 0.05) is 18.5 Å². The van der Waals surface area contributed by atoms with E-state index in [-0.39, 0.29) is 5.12 Å². The lowest BCUT2D eigenvalue weighted by atomic mass is 10.9. The van der Waals surface area contributed by atoms with Crippen molar-refractivity contribution < 1.29 is 4.79 Å². The van der Waals surface area contributed by atoms with Crippen LogP contribution in [0.15, 0.2) is 4.34 Å². The molecule has 1 aromatic rings. The summed E-state index contributed by atoms with van der Waals surface area (Å²) in [5.41, 5.74) is 0. The van der Waals surface area contributed by atoms with Gasteiger partial charge in [0.1, 0.15) is 0 Å². The van der Waals surface area contributed by atoms with Gasteiger partial charge in [-0.3, -0.25) is 4.79 Å². The summed E-state index contributed by atoms with van der Waals surface area (Å²) in [6.45, 7) is 1.48. The van der Waals surface area contributed by atoms with Gasteiger partial charge in [-0.05, 0) is 17.0 Å². The highest BCUT2D eigenvalue weighted by molar-refractivity contribution is 8.14. The number of hydrogen-bond donors (Lipinski definition) is 0. The largest absolute Gasteiger partial charge is 0.287 e. The van der Waals surface area contributed by atoms with Crippen LogP contribution in [-0.4, -0.2) is 19.9 Å². The lowest BCUT2D eigenvalue weighted by Crippen LogP contribution is -1.79. The van der Waals surface area contributed by atoms with Gasteiger partial charge in [-0.25, -0.2) is 0 Å². The lowest BCUT2D eigenvalue weighted by molar-refractivity contribution is -0.109. The third-order valence-corrected chi connectivity index (χ3v) is 1.92. The number of hydrogen-bond acceptors (Lipinski definition) is 6. The topological polar surface area (TPSA) is 55.7 Å². The smallest absolute Gasteiger partial charge is 0.201 e. The predicted molar refractivity (Wildman–Crippen MR) is 34.2 cm³/mol. The minimum atomic E-state index is 0.00792. The van der Waals surface area contributed by atoms with E-state index in [9.17, 15) is 4.79 Å². The van der Waals surface area contributed by atoms with Crippen molar-refractivity contribution in [2.45, 2.75) is 11.3 Å². The molecule has 4 nitrogen and oxygen atoms in total. The summed E-state index contributed by atoms with van der Waals surface area (Å²) in [4.78, 5) is 10.4. The van der Waals surface area contributed by atoms with E-state index in [2.05, 4.69) is 14.8 Å². The Morgan fingerprint density at radius 3 is 3.00 bits per heavy atom. The second-order valence-corrected chi connectivity index (χ2v) is 3.38. The fourth-order valence-corrected chi connectivity index (χ4v) is 1.43. The molecule has 0 N–H and O–H groups in total. The first-order chi connectivity index (χ1) is 4.29. The molecule has 0 fully saturated rings. The first-order valence-corrected chi connectivity index (χ1v) is 3.71. The number of thioether (sulfide) groups is 1. The minimum absolute atomic E-state index is 0.00792. The molecular weight excluding hydrogens is 158 g/mol. The van der Waals surface area contributed by atoms with Crippen molar-refractivity contribution in [2.75, 3.05) is 0 Å². The molecule has 1 aromatic heterocycles. The summed E-state index contributed by atoms with van der Waals surface area (Å²) in [6, 6.07) is 0. The maximum Gasteiger partial charge on any atom is 0.201 e. The van der Waals surface area contributed by atoms with E-state index < -0.39 is 0 Å². The van der Waals surface area contributed by atoms with E-state index in [1.165, 1.54) is 6.92 Å². The molecule has 6 heteroatoms. The number of nitrogens with zero attached hydrogens (tertiary/aromatic N) is 3. The highest BCUT2D eigenvalue weighted by atomic mass is 32.2. The quantitative estimate of drug-likeness (QED) is 0.564. The molecule has 0 aliphatic carbocycles. The Balaban J connectivity index is 2.58. The minimum Gasteiger partial charge on any atom is -0.287 e. The third-order valence-electron chi connectivity index (χ3n) is 0.513. The summed E-state index contributed by atoms with van der Waals surface area (Å²) < 4.78 is 4.08. The van der Waals surface area contributed by atoms with Crippen molar-refractivity contribution in [1.82, 2.24) is 14.8 Å². The molecule has 0 bridgehead atoms. The van der Waals surface area contributed by atoms with Crippen molar-refractivity contribution in [3.8, 4) is 0 Å². The first kappa shape index (κ1) is 6.63. The molecule has 9 heavy (non-hydrogen) atoms. The van der Waals surface area contributed by atoms with Crippen LogP contribution in [-0.2, 0) is 4.79 Å². The maximum absolute atomic E-state index is 10.4. The van der Waals surface area contributed by atoms with Crippen LogP contribution in [0.1, 0.15) is 6.92 Å². The predicted octanol–water partition coefficient (Wildman–Crippen LogP) is 0.572. The summed E-state index contributed by atoms with van der Waals surface area (Å²) in [7, 11) is 0. The van der Waals surface area contributed by atoms with E-state index in [0.717, 1.165) is 23.3 Å². The highest BCUT2D eigenvalue weighted by Crippen LogP contribution is 2.16. The SMILES string of the molecule is CC(=O)Sc1nnns1. The average Bonchev–Trinajstić information content (AvgIpc) is 2.15. The fraction of sp³-hybridized carbons (Fsp3) is 0.333. The van der Waals surface area contributed by atoms with Gasteiger partial charge < -0.3 is 0 Å². The second kappa shape index (κ2) is 2.88. The van der Waals surface area contributed by atoms with E-state index in [1.807, 2.05) is 0 Å². The van der Waals surface area contributed by atoms with E-state index in [4.69, 9.17) is 0 Å². The van der Waals surface area contributed by atoms with E-state index in [0.29, 0.717) is 4.34 Å². The molecule has 0 aliphatic rings. The Kier molecular flexibility index (Phi) is 2.12. The van der Waals surface area contributed by atoms with Crippen LogP contribution in [0.3, 0.4) is 0 Å². The van der Waals surface area contributed by atoms with Gasteiger partial charge in [0.25, 0.3) is 0 Å². The van der Waals surface area contributed by atoms with Gasteiger partial charge in [-0.15, -0.1) is 5.10 Å². The molecule has 0 spiro atoms. The van der Waals surface area contributed by atoms with Crippen LogP contribution in [0.4, 0.5) is 0 Å². The third kappa shape index (κ3) is 2.06. The maximum atomic E-state index is 10.4. The molecule has 0 atom stereocenters. The molecule has 48 valence electrons. The van der Waals surface area contributed by atoms with Gasteiger partial charge >= 0.3 is 0 Å². The molecule has 0 aromatic carbocycles. The fourth-order valence-electron chi connectivity index (χ4n) is 0.288. The summed E-state index contributed by atoms with van der Waals surface area (Å²) in [5, 5.41) is 6.88. The van der Waals surface area contributed by atoms with Crippen molar-refractivity contribution in [3.05, 3.63) is 0 Å². The number of rotatable bonds is 1. The number of carbonyl (C=O) groups excluding carboxylic acids is 1. The number of carbonyl (C=O) groups is 1. The Morgan fingerprint density at radius 1 is 1.78 bits per heavy atom. The van der Waals surface area contributed by atoms with Crippen LogP contribution in [0, 0.1) is 0 Å². The molecule has 0 amide bonds. The molecule has 0 radical (unpaired) electrons. The Labute approximate surface area is 59.8 Å². The van der Waals surface area contributed by atoms with Crippen molar-refractivity contribution in [2.24, 2.45) is 0 Å². The first-order valence-electron chi connectivity index (χ1n) is 2.12. The zero-order chi connectivity index (χ0) is 6.69. The van der Waals surface area contributed by atoms with Crippen LogP contribution in [0.25, 0.3) is 0 Å². The molecule has 1 rings (SSSR count). The summed E-state index contributed by atoms with van der Waals surface area (Å²) >= 11 is 2.17. The molecule has 0 saturated heterocycles. The zero-order valence-electron chi connectivity index (χ0n) is 4.57. The van der Waals surface area contributed by atoms with Crippen molar-refractivity contribution in [3.63, 3.8) is 0 Å². The average molecular weight is 161 g/mol. The molecule has 1 heterocycles.